The van der Waals surface area contributed by atoms with Crippen molar-refractivity contribution in [1.29, 1.82) is 0 Å². The van der Waals surface area contributed by atoms with Crippen molar-refractivity contribution in [3.05, 3.63) is 23.4 Å². The summed E-state index contributed by atoms with van der Waals surface area (Å²) in [6.07, 6.45) is 11.2. The number of nitrogens with one attached hydrogen (secondary N) is 1. The highest BCUT2D eigenvalue weighted by molar-refractivity contribution is 6.05. The van der Waals surface area contributed by atoms with Crippen molar-refractivity contribution in [3.63, 3.8) is 0 Å². The molecule has 2 rings (SSSR count). The van der Waals surface area contributed by atoms with Gasteiger partial charge in [-0.05, 0) is 31.3 Å². The third-order valence-corrected chi connectivity index (χ3v) is 3.49. The Hall–Kier alpha value is -1.05. The zero-order valence-electron chi connectivity index (χ0n) is 9.71. The molecule has 1 fully saturated rings. The van der Waals surface area contributed by atoms with Crippen molar-refractivity contribution in [2.75, 3.05) is 7.05 Å². The Labute approximate surface area is 92.2 Å². The first-order valence-electron chi connectivity index (χ1n) is 5.97. The predicted octanol–water partition coefficient (Wildman–Crippen LogP) is 3.03. The molecule has 0 radical (unpaired) electrons. The van der Waals surface area contributed by atoms with Crippen molar-refractivity contribution >= 4 is 5.84 Å². The van der Waals surface area contributed by atoms with Gasteiger partial charge in [0.2, 0.25) is 0 Å². The lowest BCUT2D eigenvalue weighted by molar-refractivity contribution is 0.407. The van der Waals surface area contributed by atoms with Gasteiger partial charge >= 0.3 is 0 Å². The molecular weight excluding hydrogens is 184 g/mol. The Bertz CT molecular complexity index is 317. The fraction of sp³-hybridized carbons (Fsp3) is 0.615. The maximum absolute atomic E-state index is 4.27. The van der Waals surface area contributed by atoms with Crippen LogP contribution in [0, 0.1) is 5.92 Å². The van der Waals surface area contributed by atoms with Gasteiger partial charge in [0.15, 0.2) is 0 Å². The van der Waals surface area contributed by atoms with E-state index in [2.05, 4.69) is 29.5 Å². The van der Waals surface area contributed by atoms with Crippen LogP contribution in [0.5, 0.6) is 0 Å². The van der Waals surface area contributed by atoms with E-state index in [4.69, 9.17) is 0 Å². The Kier molecular flexibility index (Phi) is 3.24. The van der Waals surface area contributed by atoms with E-state index in [9.17, 15) is 0 Å². The van der Waals surface area contributed by atoms with E-state index in [0.29, 0.717) is 0 Å². The summed E-state index contributed by atoms with van der Waals surface area (Å²) >= 11 is 0. The molecule has 1 heterocycles. The summed E-state index contributed by atoms with van der Waals surface area (Å²) in [4.78, 5) is 4.27. The number of hydrogen-bond donors (Lipinski definition) is 1. The smallest absolute Gasteiger partial charge is 0.132 e. The first-order valence-corrected chi connectivity index (χ1v) is 5.97. The molecule has 0 amide bonds. The SMILES string of the molecule is C/C=C1/C(C2CCCCC2)=CNC1=NC. The van der Waals surface area contributed by atoms with Crippen LogP contribution >= 0.6 is 0 Å². The monoisotopic (exact) mass is 204 g/mol. The molecule has 1 aliphatic carbocycles. The summed E-state index contributed by atoms with van der Waals surface area (Å²) in [6.45, 7) is 2.10. The number of amidine groups is 1. The van der Waals surface area contributed by atoms with E-state index in [1.807, 2.05) is 7.05 Å². The lowest BCUT2D eigenvalue weighted by Gasteiger charge is -2.23. The van der Waals surface area contributed by atoms with Crippen LogP contribution in [-0.4, -0.2) is 12.9 Å². The number of nitrogens with zero attached hydrogens (tertiary/aromatic N) is 1. The molecule has 0 spiro atoms. The van der Waals surface area contributed by atoms with Gasteiger partial charge in [-0.3, -0.25) is 4.99 Å². The average molecular weight is 204 g/mol. The molecule has 0 bridgehead atoms. The molecule has 0 unspecified atom stereocenters. The highest BCUT2D eigenvalue weighted by Crippen LogP contribution is 2.35. The Morgan fingerprint density at radius 2 is 2.07 bits per heavy atom. The minimum absolute atomic E-state index is 0.761. The van der Waals surface area contributed by atoms with Gasteiger partial charge in [0.1, 0.15) is 5.84 Å². The van der Waals surface area contributed by atoms with Gasteiger partial charge in [0, 0.05) is 18.8 Å². The number of allylic oxidation sites excluding steroid dienone is 1. The van der Waals surface area contributed by atoms with Crippen LogP contribution in [0.4, 0.5) is 0 Å². The summed E-state index contributed by atoms with van der Waals surface area (Å²) < 4.78 is 0. The van der Waals surface area contributed by atoms with Gasteiger partial charge < -0.3 is 5.32 Å². The third kappa shape index (κ3) is 1.99. The maximum Gasteiger partial charge on any atom is 0.132 e. The Morgan fingerprint density at radius 1 is 1.33 bits per heavy atom. The predicted molar refractivity (Wildman–Crippen MR) is 64.9 cm³/mol. The average Bonchev–Trinajstić information content (AvgIpc) is 2.72. The van der Waals surface area contributed by atoms with E-state index in [-0.39, 0.29) is 0 Å². The number of rotatable bonds is 1. The van der Waals surface area contributed by atoms with Crippen LogP contribution in [0.1, 0.15) is 39.0 Å². The fourth-order valence-electron chi connectivity index (χ4n) is 2.68. The van der Waals surface area contributed by atoms with E-state index < -0.39 is 0 Å². The molecule has 1 N–H and O–H groups in total. The topological polar surface area (TPSA) is 24.4 Å². The van der Waals surface area contributed by atoms with Gasteiger partial charge in [0.25, 0.3) is 0 Å². The van der Waals surface area contributed by atoms with E-state index in [0.717, 1.165) is 11.8 Å². The second-order valence-electron chi connectivity index (χ2n) is 4.35. The number of hydrogen-bond acceptors (Lipinski definition) is 1. The van der Waals surface area contributed by atoms with Gasteiger partial charge in [-0.15, -0.1) is 0 Å². The zero-order valence-corrected chi connectivity index (χ0v) is 9.71. The second kappa shape index (κ2) is 4.65. The lowest BCUT2D eigenvalue weighted by atomic mass is 9.82. The zero-order chi connectivity index (χ0) is 10.7. The molecule has 2 aliphatic rings. The largest absolute Gasteiger partial charge is 0.346 e. The summed E-state index contributed by atoms with van der Waals surface area (Å²) in [5.74, 6) is 1.80. The molecule has 1 aliphatic heterocycles. The number of aliphatic imine (C=N–C) groups is 1. The van der Waals surface area contributed by atoms with Crippen molar-refractivity contribution in [2.45, 2.75) is 39.0 Å². The minimum Gasteiger partial charge on any atom is -0.346 e. The van der Waals surface area contributed by atoms with Crippen molar-refractivity contribution < 1.29 is 0 Å². The summed E-state index contributed by atoms with van der Waals surface area (Å²) in [7, 11) is 1.85. The molecule has 0 atom stereocenters. The molecule has 15 heavy (non-hydrogen) atoms. The molecule has 2 nitrogen and oxygen atoms in total. The van der Waals surface area contributed by atoms with Crippen LogP contribution in [0.15, 0.2) is 28.4 Å². The van der Waals surface area contributed by atoms with Crippen LogP contribution in [0.2, 0.25) is 0 Å². The molecule has 2 heteroatoms. The third-order valence-electron chi connectivity index (χ3n) is 3.49. The van der Waals surface area contributed by atoms with Crippen LogP contribution in [0.25, 0.3) is 0 Å². The molecule has 1 saturated carbocycles. The van der Waals surface area contributed by atoms with Crippen LogP contribution < -0.4 is 5.32 Å². The maximum atomic E-state index is 4.27. The first kappa shape index (κ1) is 10.5. The van der Waals surface area contributed by atoms with Gasteiger partial charge in [0.05, 0.1) is 0 Å². The van der Waals surface area contributed by atoms with Crippen molar-refractivity contribution in [2.24, 2.45) is 10.9 Å². The van der Waals surface area contributed by atoms with Crippen LogP contribution in [0.3, 0.4) is 0 Å². The normalized spacial score (nSPS) is 28.3. The summed E-state index contributed by atoms with van der Waals surface area (Å²) in [6, 6.07) is 0. The first-order chi connectivity index (χ1) is 7.36. The molecule has 0 aromatic heterocycles. The van der Waals surface area contributed by atoms with Gasteiger partial charge in [-0.2, -0.15) is 0 Å². The standard InChI is InChI=1S/C13H20N2/c1-3-11-12(9-15-13(11)14-2)10-7-5-4-6-8-10/h3,9-10H,4-8H2,1-2H3,(H,14,15)/b11-3-. The van der Waals surface area contributed by atoms with Crippen LogP contribution in [-0.2, 0) is 0 Å². The Morgan fingerprint density at radius 3 is 2.67 bits per heavy atom. The lowest BCUT2D eigenvalue weighted by Crippen LogP contribution is -2.14. The van der Waals surface area contributed by atoms with Crippen molar-refractivity contribution in [1.82, 2.24) is 5.32 Å². The molecule has 82 valence electrons. The molecule has 0 aromatic rings. The van der Waals surface area contributed by atoms with Crippen molar-refractivity contribution in [3.8, 4) is 0 Å². The van der Waals surface area contributed by atoms with E-state index in [1.165, 1.54) is 43.3 Å². The second-order valence-corrected chi connectivity index (χ2v) is 4.35. The summed E-state index contributed by atoms with van der Waals surface area (Å²) in [5, 5.41) is 3.27. The highest BCUT2D eigenvalue weighted by Gasteiger charge is 2.25. The molecule has 0 saturated heterocycles. The highest BCUT2D eigenvalue weighted by atomic mass is 15.0. The van der Waals surface area contributed by atoms with Gasteiger partial charge in [-0.25, -0.2) is 0 Å². The Balaban J connectivity index is 2.15. The molecule has 0 aromatic carbocycles. The van der Waals surface area contributed by atoms with Gasteiger partial charge in [-0.1, -0.05) is 25.3 Å². The quantitative estimate of drug-likeness (QED) is 0.697. The van der Waals surface area contributed by atoms with E-state index in [1.54, 1.807) is 0 Å². The minimum atomic E-state index is 0.761. The fourth-order valence-corrected chi connectivity index (χ4v) is 2.68. The summed E-state index contributed by atoms with van der Waals surface area (Å²) in [5.41, 5.74) is 2.81. The molecular formula is C13H20N2. The van der Waals surface area contributed by atoms with E-state index >= 15 is 0 Å².